The van der Waals surface area contributed by atoms with E-state index in [0.717, 1.165) is 24.8 Å². The molecule has 0 spiro atoms. The van der Waals surface area contributed by atoms with Crippen LogP contribution in [-0.2, 0) is 0 Å². The van der Waals surface area contributed by atoms with E-state index in [1.807, 2.05) is 0 Å². The summed E-state index contributed by atoms with van der Waals surface area (Å²) in [5, 5.41) is 3.56. The second kappa shape index (κ2) is 7.52. The van der Waals surface area contributed by atoms with Crippen LogP contribution in [0.4, 0.5) is 0 Å². The zero-order chi connectivity index (χ0) is 15.4. The van der Waals surface area contributed by atoms with Crippen LogP contribution in [0.1, 0.15) is 37.2 Å². The predicted molar refractivity (Wildman–Crippen MR) is 87.1 cm³/mol. The molecule has 1 amide bonds. The quantitative estimate of drug-likeness (QED) is 0.812. The smallest absolute Gasteiger partial charge is 0.267 e. The molecule has 1 fully saturated rings. The maximum absolute atomic E-state index is 11.9. The third kappa shape index (κ3) is 4.90. The van der Waals surface area contributed by atoms with Crippen molar-refractivity contribution in [2.45, 2.75) is 26.7 Å². The summed E-state index contributed by atoms with van der Waals surface area (Å²) in [6.45, 7) is 8.64. The molecule has 1 aromatic heterocycles. The number of halogens is 2. The van der Waals surface area contributed by atoms with E-state index in [-0.39, 0.29) is 5.91 Å². The minimum absolute atomic E-state index is 0.163. The molecule has 0 saturated carbocycles. The lowest BCUT2D eigenvalue weighted by Crippen LogP contribution is -2.40. The monoisotopic (exact) mass is 331 g/mol. The Morgan fingerprint density at radius 1 is 1.38 bits per heavy atom. The number of H-pyrrole nitrogens is 1. The topological polar surface area (TPSA) is 48.1 Å². The number of piperidine rings is 1. The molecule has 2 atom stereocenters. The molecule has 2 unspecified atom stereocenters. The highest BCUT2D eigenvalue weighted by Gasteiger charge is 2.21. The van der Waals surface area contributed by atoms with Gasteiger partial charge in [-0.1, -0.05) is 37.0 Å². The second-order valence-electron chi connectivity index (χ2n) is 6.16. The Bertz CT molecular complexity index is 460. The maximum Gasteiger partial charge on any atom is 0.267 e. The standard InChI is InChI=1S/C15H23Cl2N3O/c1-10-6-11(2)9-20(8-10)5-3-4-18-15(21)13-7-12(16)14(17)19-13/h7,10-11,19H,3-6,8-9H2,1-2H3,(H,18,21). The maximum atomic E-state index is 11.9. The predicted octanol–water partition coefficient (Wildman–Crippen LogP) is 3.42. The number of carbonyl (C=O) groups is 1. The Morgan fingerprint density at radius 3 is 2.62 bits per heavy atom. The van der Waals surface area contributed by atoms with Crippen LogP contribution in [0.15, 0.2) is 6.07 Å². The van der Waals surface area contributed by atoms with Crippen molar-refractivity contribution in [1.29, 1.82) is 0 Å². The molecule has 0 aromatic carbocycles. The summed E-state index contributed by atoms with van der Waals surface area (Å²) in [4.78, 5) is 17.1. The molecule has 1 aliphatic rings. The van der Waals surface area contributed by atoms with Gasteiger partial charge < -0.3 is 15.2 Å². The van der Waals surface area contributed by atoms with Gasteiger partial charge in [-0.15, -0.1) is 0 Å². The van der Waals surface area contributed by atoms with Crippen LogP contribution in [-0.4, -0.2) is 42.0 Å². The van der Waals surface area contributed by atoms with Crippen molar-refractivity contribution >= 4 is 29.1 Å². The van der Waals surface area contributed by atoms with Gasteiger partial charge in [0.25, 0.3) is 5.91 Å². The van der Waals surface area contributed by atoms with Gasteiger partial charge in [0.1, 0.15) is 10.8 Å². The fourth-order valence-electron chi connectivity index (χ4n) is 3.10. The number of aromatic nitrogens is 1. The number of carbonyl (C=O) groups excluding carboxylic acids is 1. The lowest BCUT2D eigenvalue weighted by Gasteiger charge is -2.34. The van der Waals surface area contributed by atoms with E-state index in [4.69, 9.17) is 23.2 Å². The van der Waals surface area contributed by atoms with Crippen molar-refractivity contribution < 1.29 is 4.79 Å². The van der Waals surface area contributed by atoms with Crippen LogP contribution in [0.3, 0.4) is 0 Å². The average molecular weight is 332 g/mol. The number of hydrogen-bond donors (Lipinski definition) is 2. The first kappa shape index (κ1) is 16.7. The number of rotatable bonds is 5. The summed E-state index contributed by atoms with van der Waals surface area (Å²) in [7, 11) is 0. The van der Waals surface area contributed by atoms with Gasteiger partial charge in [0.2, 0.25) is 0 Å². The molecule has 118 valence electrons. The summed E-state index contributed by atoms with van der Waals surface area (Å²) in [5.41, 5.74) is 0.408. The number of likely N-dealkylation sites (tertiary alicyclic amines) is 1. The molecule has 1 aliphatic heterocycles. The van der Waals surface area contributed by atoms with Crippen LogP contribution in [0.5, 0.6) is 0 Å². The summed E-state index contributed by atoms with van der Waals surface area (Å²) in [5.74, 6) is 1.38. The Balaban J connectivity index is 1.68. The zero-order valence-electron chi connectivity index (χ0n) is 12.6. The van der Waals surface area contributed by atoms with E-state index < -0.39 is 0 Å². The van der Waals surface area contributed by atoms with E-state index >= 15 is 0 Å². The Hall–Kier alpha value is -0.710. The minimum atomic E-state index is -0.163. The van der Waals surface area contributed by atoms with Gasteiger partial charge in [0.15, 0.2) is 0 Å². The van der Waals surface area contributed by atoms with E-state index in [9.17, 15) is 4.79 Å². The summed E-state index contributed by atoms with van der Waals surface area (Å²) >= 11 is 11.6. The third-order valence-corrected chi connectivity index (χ3v) is 4.54. The lowest BCUT2D eigenvalue weighted by atomic mass is 9.92. The Labute approximate surface area is 136 Å². The molecular weight excluding hydrogens is 309 g/mol. The molecule has 0 bridgehead atoms. The third-order valence-electron chi connectivity index (χ3n) is 3.85. The lowest BCUT2D eigenvalue weighted by molar-refractivity contribution is 0.0943. The van der Waals surface area contributed by atoms with E-state index in [1.54, 1.807) is 6.07 Å². The first-order valence-corrected chi connectivity index (χ1v) is 8.26. The first-order chi connectivity index (χ1) is 9.95. The first-order valence-electron chi connectivity index (χ1n) is 7.50. The largest absolute Gasteiger partial charge is 0.351 e. The highest BCUT2D eigenvalue weighted by Crippen LogP contribution is 2.22. The fourth-order valence-corrected chi connectivity index (χ4v) is 3.41. The average Bonchev–Trinajstić information content (AvgIpc) is 2.73. The highest BCUT2D eigenvalue weighted by molar-refractivity contribution is 6.41. The van der Waals surface area contributed by atoms with Crippen LogP contribution < -0.4 is 5.32 Å². The SMILES string of the molecule is CC1CC(C)CN(CCCNC(=O)c2cc(Cl)c(Cl)[nH]2)C1. The zero-order valence-corrected chi connectivity index (χ0v) is 14.1. The Morgan fingerprint density at radius 2 is 2.05 bits per heavy atom. The molecule has 6 heteroatoms. The van der Waals surface area contributed by atoms with Crippen LogP contribution in [0, 0.1) is 11.8 Å². The second-order valence-corrected chi connectivity index (χ2v) is 6.95. The molecule has 1 aromatic rings. The van der Waals surface area contributed by atoms with Gasteiger partial charge in [0.05, 0.1) is 5.02 Å². The van der Waals surface area contributed by atoms with Gasteiger partial charge in [-0.3, -0.25) is 4.79 Å². The molecule has 21 heavy (non-hydrogen) atoms. The van der Waals surface area contributed by atoms with Gasteiger partial charge in [-0.2, -0.15) is 0 Å². The summed E-state index contributed by atoms with van der Waals surface area (Å²) in [6, 6.07) is 1.55. The van der Waals surface area contributed by atoms with Gasteiger partial charge in [-0.25, -0.2) is 0 Å². The molecular formula is C15H23Cl2N3O. The van der Waals surface area contributed by atoms with Crippen molar-refractivity contribution in [2.75, 3.05) is 26.2 Å². The number of hydrogen-bond acceptors (Lipinski definition) is 2. The molecule has 4 nitrogen and oxygen atoms in total. The van der Waals surface area contributed by atoms with Crippen LogP contribution in [0.25, 0.3) is 0 Å². The summed E-state index contributed by atoms with van der Waals surface area (Å²) in [6.07, 6.45) is 2.27. The van der Waals surface area contributed by atoms with Crippen LogP contribution >= 0.6 is 23.2 Å². The van der Waals surface area contributed by atoms with E-state index in [0.29, 0.717) is 22.4 Å². The number of aromatic amines is 1. The van der Waals surface area contributed by atoms with Crippen molar-refractivity contribution in [2.24, 2.45) is 11.8 Å². The number of nitrogens with zero attached hydrogens (tertiary/aromatic N) is 1. The van der Waals surface area contributed by atoms with E-state index in [1.165, 1.54) is 19.5 Å². The Kier molecular flexibility index (Phi) is 5.97. The molecule has 2 rings (SSSR count). The van der Waals surface area contributed by atoms with Crippen molar-refractivity contribution in [3.63, 3.8) is 0 Å². The van der Waals surface area contributed by atoms with Crippen LogP contribution in [0.2, 0.25) is 10.2 Å². The van der Waals surface area contributed by atoms with Gasteiger partial charge >= 0.3 is 0 Å². The van der Waals surface area contributed by atoms with Crippen molar-refractivity contribution in [1.82, 2.24) is 15.2 Å². The molecule has 2 N–H and O–H groups in total. The molecule has 2 heterocycles. The number of amides is 1. The van der Waals surface area contributed by atoms with Crippen molar-refractivity contribution in [3.8, 4) is 0 Å². The highest BCUT2D eigenvalue weighted by atomic mass is 35.5. The molecule has 1 saturated heterocycles. The van der Waals surface area contributed by atoms with Gasteiger partial charge in [-0.05, 0) is 37.3 Å². The van der Waals surface area contributed by atoms with Crippen molar-refractivity contribution in [3.05, 3.63) is 21.9 Å². The normalized spacial score (nSPS) is 23.2. The van der Waals surface area contributed by atoms with Gasteiger partial charge in [0, 0.05) is 19.6 Å². The number of nitrogens with one attached hydrogen (secondary N) is 2. The molecule has 0 aliphatic carbocycles. The minimum Gasteiger partial charge on any atom is -0.351 e. The molecule has 0 radical (unpaired) electrons. The van der Waals surface area contributed by atoms with E-state index in [2.05, 4.69) is 29.0 Å². The fraction of sp³-hybridized carbons (Fsp3) is 0.667. The summed E-state index contributed by atoms with van der Waals surface area (Å²) < 4.78 is 0.